The van der Waals surface area contributed by atoms with E-state index in [1.54, 1.807) is 13.2 Å². The van der Waals surface area contributed by atoms with Crippen LogP contribution in [-0.4, -0.2) is 52.4 Å². The molecule has 0 aliphatic carbocycles. The highest BCUT2D eigenvalue weighted by molar-refractivity contribution is 5.57. The summed E-state index contributed by atoms with van der Waals surface area (Å²) in [6.07, 6.45) is 0. The molecule has 164 valence electrons. The summed E-state index contributed by atoms with van der Waals surface area (Å²) in [7, 11) is 1.68. The van der Waals surface area contributed by atoms with Gasteiger partial charge in [0, 0.05) is 36.5 Å². The highest BCUT2D eigenvalue weighted by Gasteiger charge is 2.34. The minimum absolute atomic E-state index is 0.0323. The number of anilines is 3. The molecule has 31 heavy (non-hydrogen) atoms. The van der Waals surface area contributed by atoms with E-state index in [-0.39, 0.29) is 11.4 Å². The minimum Gasteiger partial charge on any atom is -0.497 e. The number of aromatic amines is 1. The molecule has 2 aromatic carbocycles. The quantitative estimate of drug-likeness (QED) is 0.621. The smallest absolute Gasteiger partial charge is 0.223 e. The fourth-order valence-corrected chi connectivity index (χ4v) is 4.15. The molecule has 1 aliphatic rings. The molecule has 2 N–H and O–H groups in total. The molecule has 8 heteroatoms. The van der Waals surface area contributed by atoms with Crippen LogP contribution >= 0.6 is 0 Å². The Hall–Kier alpha value is -3.13. The molecule has 3 aromatic rings. The van der Waals surface area contributed by atoms with Gasteiger partial charge in [-0.15, -0.1) is 0 Å². The molecule has 0 spiro atoms. The Labute approximate surface area is 182 Å². The number of piperazine rings is 1. The number of aryl methyl sites for hydroxylation is 1. The van der Waals surface area contributed by atoms with Crippen molar-refractivity contribution in [3.8, 4) is 5.75 Å². The largest absolute Gasteiger partial charge is 0.497 e. The molecule has 0 atom stereocenters. The molecule has 1 aliphatic heterocycles. The maximum Gasteiger partial charge on any atom is 0.223 e. The van der Waals surface area contributed by atoms with Crippen LogP contribution < -0.4 is 15.0 Å². The number of halogens is 1. The number of rotatable bonds is 6. The maximum absolute atomic E-state index is 13.3. The number of ether oxygens (including phenoxy) is 1. The van der Waals surface area contributed by atoms with Gasteiger partial charge in [0.1, 0.15) is 11.6 Å². The van der Waals surface area contributed by atoms with E-state index < -0.39 is 0 Å². The van der Waals surface area contributed by atoms with E-state index in [0.29, 0.717) is 12.5 Å². The average Bonchev–Trinajstić information content (AvgIpc) is 3.16. The Morgan fingerprint density at radius 3 is 2.61 bits per heavy atom. The van der Waals surface area contributed by atoms with E-state index in [1.807, 2.05) is 19.1 Å². The zero-order chi connectivity index (χ0) is 22.0. The van der Waals surface area contributed by atoms with Gasteiger partial charge in [-0.2, -0.15) is 10.1 Å². The second-order valence-electron chi connectivity index (χ2n) is 8.56. The Morgan fingerprint density at radius 2 is 1.94 bits per heavy atom. The van der Waals surface area contributed by atoms with E-state index in [1.165, 1.54) is 17.8 Å². The first-order valence-electron chi connectivity index (χ1n) is 10.4. The number of H-pyrrole nitrogens is 1. The van der Waals surface area contributed by atoms with Crippen LogP contribution in [0.4, 0.5) is 21.7 Å². The van der Waals surface area contributed by atoms with Crippen molar-refractivity contribution in [2.75, 3.05) is 37.0 Å². The Bertz CT molecular complexity index is 1030. The van der Waals surface area contributed by atoms with Gasteiger partial charge in [0.2, 0.25) is 5.95 Å². The standard InChI is InChI=1S/C23H29FN6O/c1-16-13-17(24)5-10-20(16)25-22-26-21(27-28-22)14-29-11-12-30(23(2,3)15-29)18-6-8-19(31-4)9-7-18/h5-10,13H,11-12,14-15H2,1-4H3,(H2,25,26,27,28). The molecule has 0 bridgehead atoms. The first-order valence-corrected chi connectivity index (χ1v) is 10.4. The van der Waals surface area contributed by atoms with Gasteiger partial charge in [-0.25, -0.2) is 9.49 Å². The number of nitrogens with zero attached hydrogens (tertiary/aromatic N) is 4. The molecule has 0 unspecified atom stereocenters. The van der Waals surface area contributed by atoms with Gasteiger partial charge in [-0.3, -0.25) is 4.90 Å². The predicted molar refractivity (Wildman–Crippen MR) is 120 cm³/mol. The molecule has 0 amide bonds. The Balaban J connectivity index is 1.38. The molecule has 2 heterocycles. The van der Waals surface area contributed by atoms with Crippen LogP contribution in [0.5, 0.6) is 5.75 Å². The lowest BCUT2D eigenvalue weighted by Gasteiger charge is -2.48. The summed E-state index contributed by atoms with van der Waals surface area (Å²) in [6, 6.07) is 12.8. The third kappa shape index (κ3) is 4.80. The highest BCUT2D eigenvalue weighted by atomic mass is 19.1. The summed E-state index contributed by atoms with van der Waals surface area (Å²) >= 11 is 0. The second kappa shape index (κ2) is 8.55. The normalized spacial score (nSPS) is 16.4. The number of aromatic nitrogens is 3. The van der Waals surface area contributed by atoms with Gasteiger partial charge in [0.05, 0.1) is 13.7 Å². The lowest BCUT2D eigenvalue weighted by molar-refractivity contribution is 0.172. The van der Waals surface area contributed by atoms with Crippen molar-refractivity contribution in [3.05, 3.63) is 59.7 Å². The number of benzene rings is 2. The Morgan fingerprint density at radius 1 is 1.16 bits per heavy atom. The lowest BCUT2D eigenvalue weighted by Crippen LogP contribution is -2.59. The zero-order valence-electron chi connectivity index (χ0n) is 18.4. The Kier molecular flexibility index (Phi) is 5.82. The molecule has 1 saturated heterocycles. The molecule has 1 fully saturated rings. The van der Waals surface area contributed by atoms with Crippen molar-refractivity contribution in [2.24, 2.45) is 0 Å². The monoisotopic (exact) mass is 424 g/mol. The predicted octanol–water partition coefficient (Wildman–Crippen LogP) is 4.11. The number of hydrogen-bond acceptors (Lipinski definition) is 6. The SMILES string of the molecule is COc1ccc(N2CCN(Cc3n[nH]c(Nc4ccc(F)cc4C)n3)CC2(C)C)cc1. The van der Waals surface area contributed by atoms with E-state index in [4.69, 9.17) is 4.74 Å². The molecule has 7 nitrogen and oxygen atoms in total. The van der Waals surface area contributed by atoms with Gasteiger partial charge in [0.25, 0.3) is 0 Å². The molecule has 0 radical (unpaired) electrons. The maximum atomic E-state index is 13.3. The molecule has 1 aromatic heterocycles. The first-order chi connectivity index (χ1) is 14.8. The second-order valence-corrected chi connectivity index (χ2v) is 8.56. The molecule has 4 rings (SSSR count). The third-order valence-corrected chi connectivity index (χ3v) is 5.70. The summed E-state index contributed by atoms with van der Waals surface area (Å²) in [4.78, 5) is 9.37. The van der Waals surface area contributed by atoms with Gasteiger partial charge in [0.15, 0.2) is 5.82 Å². The zero-order valence-corrected chi connectivity index (χ0v) is 18.4. The van der Waals surface area contributed by atoms with Crippen molar-refractivity contribution < 1.29 is 9.13 Å². The van der Waals surface area contributed by atoms with Crippen LogP contribution in [0.25, 0.3) is 0 Å². The van der Waals surface area contributed by atoms with Crippen LogP contribution in [0.15, 0.2) is 42.5 Å². The van der Waals surface area contributed by atoms with E-state index in [2.05, 4.69) is 56.3 Å². The number of methoxy groups -OCH3 is 1. The van der Waals surface area contributed by atoms with Gasteiger partial charge in [-0.05, 0) is 68.8 Å². The summed E-state index contributed by atoms with van der Waals surface area (Å²) in [5, 5.41) is 10.5. The molecular formula is C23H29FN6O. The molecular weight excluding hydrogens is 395 g/mol. The summed E-state index contributed by atoms with van der Waals surface area (Å²) < 4.78 is 18.6. The number of nitrogens with one attached hydrogen (secondary N) is 2. The van der Waals surface area contributed by atoms with Crippen molar-refractivity contribution >= 4 is 17.3 Å². The van der Waals surface area contributed by atoms with E-state index >= 15 is 0 Å². The van der Waals surface area contributed by atoms with Gasteiger partial charge >= 0.3 is 0 Å². The van der Waals surface area contributed by atoms with Crippen molar-refractivity contribution in [1.29, 1.82) is 0 Å². The summed E-state index contributed by atoms with van der Waals surface area (Å²) in [5.74, 6) is 1.90. The lowest BCUT2D eigenvalue weighted by atomic mass is 9.97. The topological polar surface area (TPSA) is 69.3 Å². The van der Waals surface area contributed by atoms with Gasteiger partial charge in [-0.1, -0.05) is 0 Å². The fourth-order valence-electron chi connectivity index (χ4n) is 4.15. The fraction of sp³-hybridized carbons (Fsp3) is 0.391. The minimum atomic E-state index is -0.252. The van der Waals surface area contributed by atoms with Crippen LogP contribution in [0, 0.1) is 12.7 Å². The van der Waals surface area contributed by atoms with Crippen LogP contribution in [0.1, 0.15) is 25.2 Å². The first kappa shape index (κ1) is 21.1. The van der Waals surface area contributed by atoms with Crippen LogP contribution in [0.2, 0.25) is 0 Å². The summed E-state index contributed by atoms with van der Waals surface area (Å²) in [6.45, 7) is 9.77. The summed E-state index contributed by atoms with van der Waals surface area (Å²) in [5.41, 5.74) is 2.78. The van der Waals surface area contributed by atoms with Crippen molar-refractivity contribution in [3.63, 3.8) is 0 Å². The van der Waals surface area contributed by atoms with Crippen molar-refractivity contribution in [2.45, 2.75) is 32.9 Å². The van der Waals surface area contributed by atoms with Crippen molar-refractivity contribution in [1.82, 2.24) is 20.1 Å². The average molecular weight is 425 g/mol. The van der Waals surface area contributed by atoms with E-state index in [0.717, 1.165) is 42.5 Å². The molecule has 0 saturated carbocycles. The van der Waals surface area contributed by atoms with Gasteiger partial charge < -0.3 is 15.0 Å². The third-order valence-electron chi connectivity index (χ3n) is 5.70. The van der Waals surface area contributed by atoms with E-state index in [9.17, 15) is 4.39 Å². The van der Waals surface area contributed by atoms with Crippen LogP contribution in [0.3, 0.4) is 0 Å². The van der Waals surface area contributed by atoms with Crippen LogP contribution in [-0.2, 0) is 6.54 Å². The number of hydrogen-bond donors (Lipinski definition) is 2. The highest BCUT2D eigenvalue weighted by Crippen LogP contribution is 2.30.